The maximum Gasteiger partial charge on any atom is 0.0521 e. The standard InChI is InChI=1S/C6H18N4/c1-4(7)5(8)2-3-6(9)10/h4-6H,2-3,7-10H2,1H3. The maximum atomic E-state index is 5.63. The monoisotopic (exact) mass is 146 g/mol. The smallest absolute Gasteiger partial charge is 0.0521 e. The Kier molecular flexibility index (Phi) is 4.55. The van der Waals surface area contributed by atoms with Gasteiger partial charge in [0.15, 0.2) is 0 Å². The van der Waals surface area contributed by atoms with E-state index in [1.165, 1.54) is 0 Å². The molecule has 4 nitrogen and oxygen atoms in total. The van der Waals surface area contributed by atoms with Crippen LogP contribution in [0.1, 0.15) is 19.8 Å². The second kappa shape index (κ2) is 4.62. The summed E-state index contributed by atoms with van der Waals surface area (Å²) in [7, 11) is 0. The molecule has 0 aromatic carbocycles. The minimum atomic E-state index is -0.259. The fourth-order valence-corrected chi connectivity index (χ4v) is 0.648. The molecule has 4 heteroatoms. The molecule has 62 valence electrons. The van der Waals surface area contributed by atoms with Gasteiger partial charge in [0.05, 0.1) is 6.17 Å². The molecule has 2 unspecified atom stereocenters. The van der Waals surface area contributed by atoms with Crippen molar-refractivity contribution in [2.24, 2.45) is 22.9 Å². The number of hydrogen-bond donors (Lipinski definition) is 4. The van der Waals surface area contributed by atoms with Gasteiger partial charge >= 0.3 is 0 Å². The Bertz CT molecular complexity index is 81.8. The molecule has 0 spiro atoms. The zero-order valence-corrected chi connectivity index (χ0v) is 6.46. The first-order chi connectivity index (χ1) is 4.54. The maximum absolute atomic E-state index is 5.63. The fourth-order valence-electron chi connectivity index (χ4n) is 0.648. The molecule has 0 radical (unpaired) electrons. The predicted octanol–water partition coefficient (Wildman–Crippen LogP) is -1.32. The van der Waals surface area contributed by atoms with Gasteiger partial charge in [-0.1, -0.05) is 0 Å². The van der Waals surface area contributed by atoms with Crippen molar-refractivity contribution >= 4 is 0 Å². The Morgan fingerprint density at radius 1 is 1.00 bits per heavy atom. The molecule has 0 saturated carbocycles. The molecule has 0 bridgehead atoms. The number of hydrogen-bond acceptors (Lipinski definition) is 4. The van der Waals surface area contributed by atoms with E-state index >= 15 is 0 Å². The third-order valence-corrected chi connectivity index (χ3v) is 1.51. The number of rotatable bonds is 4. The van der Waals surface area contributed by atoms with Gasteiger partial charge in [-0.3, -0.25) is 0 Å². The Morgan fingerprint density at radius 3 is 1.80 bits per heavy atom. The third kappa shape index (κ3) is 4.69. The summed E-state index contributed by atoms with van der Waals surface area (Å²) in [6.07, 6.45) is 1.28. The van der Waals surface area contributed by atoms with E-state index in [1.54, 1.807) is 0 Å². The van der Waals surface area contributed by atoms with Gasteiger partial charge in [-0.25, -0.2) is 0 Å². The second-order valence-electron chi connectivity index (χ2n) is 2.76. The van der Waals surface area contributed by atoms with Crippen molar-refractivity contribution < 1.29 is 0 Å². The molecule has 0 aliphatic rings. The van der Waals surface area contributed by atoms with Crippen LogP contribution in [0.4, 0.5) is 0 Å². The average Bonchev–Trinajstić information content (AvgIpc) is 1.82. The minimum Gasteiger partial charge on any atom is -0.327 e. The van der Waals surface area contributed by atoms with Crippen LogP contribution in [0.15, 0.2) is 0 Å². The first kappa shape index (κ1) is 9.84. The van der Waals surface area contributed by atoms with Crippen molar-refractivity contribution in [2.75, 3.05) is 0 Å². The van der Waals surface area contributed by atoms with Gasteiger partial charge in [0.2, 0.25) is 0 Å². The summed E-state index contributed by atoms with van der Waals surface area (Å²) >= 11 is 0. The average molecular weight is 146 g/mol. The zero-order chi connectivity index (χ0) is 8.15. The van der Waals surface area contributed by atoms with Crippen LogP contribution in [-0.4, -0.2) is 18.2 Å². The lowest BCUT2D eigenvalue weighted by Gasteiger charge is -2.15. The Morgan fingerprint density at radius 2 is 1.50 bits per heavy atom. The van der Waals surface area contributed by atoms with E-state index in [0.29, 0.717) is 0 Å². The van der Waals surface area contributed by atoms with Crippen LogP contribution in [0.25, 0.3) is 0 Å². The molecular formula is C6H18N4. The lowest BCUT2D eigenvalue weighted by molar-refractivity contribution is 0.476. The van der Waals surface area contributed by atoms with Crippen LogP contribution in [-0.2, 0) is 0 Å². The molecule has 0 aromatic rings. The normalized spacial score (nSPS) is 17.4. The van der Waals surface area contributed by atoms with E-state index in [1.807, 2.05) is 6.92 Å². The molecule has 0 amide bonds. The SMILES string of the molecule is CC(N)C(N)CCC(N)N. The highest BCUT2D eigenvalue weighted by atomic mass is 14.8. The van der Waals surface area contributed by atoms with Crippen molar-refractivity contribution in [2.45, 2.75) is 38.0 Å². The Labute approximate surface area is 61.9 Å². The first-order valence-electron chi connectivity index (χ1n) is 3.56. The topological polar surface area (TPSA) is 104 Å². The predicted molar refractivity (Wildman–Crippen MR) is 43.0 cm³/mol. The quantitative estimate of drug-likeness (QED) is 0.369. The molecule has 0 saturated heterocycles. The second-order valence-corrected chi connectivity index (χ2v) is 2.76. The van der Waals surface area contributed by atoms with Crippen LogP contribution in [0.2, 0.25) is 0 Å². The molecule has 0 heterocycles. The van der Waals surface area contributed by atoms with E-state index in [9.17, 15) is 0 Å². The summed E-state index contributed by atoms with van der Waals surface area (Å²) in [5.41, 5.74) is 21.8. The molecule has 2 atom stereocenters. The zero-order valence-electron chi connectivity index (χ0n) is 6.46. The highest BCUT2D eigenvalue weighted by molar-refractivity contribution is 4.72. The van der Waals surface area contributed by atoms with E-state index in [0.717, 1.165) is 12.8 Å². The van der Waals surface area contributed by atoms with Crippen molar-refractivity contribution in [1.82, 2.24) is 0 Å². The van der Waals surface area contributed by atoms with Crippen molar-refractivity contribution in [1.29, 1.82) is 0 Å². The fraction of sp³-hybridized carbons (Fsp3) is 1.00. The molecule has 0 rings (SSSR count). The van der Waals surface area contributed by atoms with Crippen LogP contribution >= 0.6 is 0 Å². The van der Waals surface area contributed by atoms with Gasteiger partial charge in [-0.15, -0.1) is 0 Å². The van der Waals surface area contributed by atoms with E-state index in [-0.39, 0.29) is 18.2 Å². The minimum absolute atomic E-state index is 0.0228. The van der Waals surface area contributed by atoms with Crippen LogP contribution in [0.5, 0.6) is 0 Å². The highest BCUT2D eigenvalue weighted by Gasteiger charge is 2.07. The summed E-state index contributed by atoms with van der Waals surface area (Å²) < 4.78 is 0. The highest BCUT2D eigenvalue weighted by Crippen LogP contribution is 1.97. The van der Waals surface area contributed by atoms with E-state index in [2.05, 4.69) is 0 Å². The third-order valence-electron chi connectivity index (χ3n) is 1.51. The number of nitrogens with two attached hydrogens (primary N) is 4. The molecule has 10 heavy (non-hydrogen) atoms. The van der Waals surface area contributed by atoms with Crippen molar-refractivity contribution in [3.05, 3.63) is 0 Å². The molecule has 0 aromatic heterocycles. The van der Waals surface area contributed by atoms with Gasteiger partial charge in [0, 0.05) is 12.1 Å². The molecule has 0 fully saturated rings. The largest absolute Gasteiger partial charge is 0.327 e. The summed E-state index contributed by atoms with van der Waals surface area (Å²) in [6, 6.07) is 0.0494. The summed E-state index contributed by atoms with van der Waals surface area (Å²) in [5, 5.41) is 0. The van der Waals surface area contributed by atoms with Crippen molar-refractivity contribution in [3.63, 3.8) is 0 Å². The van der Waals surface area contributed by atoms with Crippen LogP contribution in [0, 0.1) is 0 Å². The van der Waals surface area contributed by atoms with E-state index in [4.69, 9.17) is 22.9 Å². The molecule has 0 aliphatic heterocycles. The lowest BCUT2D eigenvalue weighted by Crippen LogP contribution is -2.41. The van der Waals surface area contributed by atoms with Gasteiger partial charge < -0.3 is 22.9 Å². The molecule has 8 N–H and O–H groups in total. The van der Waals surface area contributed by atoms with Gasteiger partial charge in [0.1, 0.15) is 0 Å². The Hall–Kier alpha value is -0.160. The van der Waals surface area contributed by atoms with Gasteiger partial charge in [-0.2, -0.15) is 0 Å². The first-order valence-corrected chi connectivity index (χ1v) is 3.56. The lowest BCUT2D eigenvalue weighted by atomic mass is 10.1. The molecule has 0 aliphatic carbocycles. The van der Waals surface area contributed by atoms with Crippen molar-refractivity contribution in [3.8, 4) is 0 Å². The Balaban J connectivity index is 3.30. The summed E-state index contributed by atoms with van der Waals surface area (Å²) in [6.45, 7) is 1.88. The summed E-state index contributed by atoms with van der Waals surface area (Å²) in [5.74, 6) is 0. The van der Waals surface area contributed by atoms with Gasteiger partial charge in [0.25, 0.3) is 0 Å². The van der Waals surface area contributed by atoms with Gasteiger partial charge in [-0.05, 0) is 19.8 Å². The summed E-state index contributed by atoms with van der Waals surface area (Å²) in [4.78, 5) is 0. The van der Waals surface area contributed by atoms with Crippen LogP contribution in [0.3, 0.4) is 0 Å². The molecular weight excluding hydrogens is 128 g/mol. The van der Waals surface area contributed by atoms with Crippen LogP contribution < -0.4 is 22.9 Å². The van der Waals surface area contributed by atoms with E-state index < -0.39 is 0 Å².